The number of hydrogen-bond donors (Lipinski definition) is 0. The molecule has 5 aliphatic carbocycles. The molecule has 0 N–H and O–H groups in total. The molecule has 0 bridgehead atoms. The van der Waals surface area contributed by atoms with Gasteiger partial charge in [-0.05, 0) is 32.1 Å². The van der Waals surface area contributed by atoms with Crippen LogP contribution in [0.5, 0.6) is 0 Å². The fraction of sp³-hybridized carbons (Fsp3) is 0.200. The van der Waals surface area contributed by atoms with Gasteiger partial charge in [-0.2, -0.15) is 0 Å². The monoisotopic (exact) mass is 470 g/mol. The Hall–Kier alpha value is -1.52. The van der Waals surface area contributed by atoms with Crippen LogP contribution >= 0.6 is 0 Å². The van der Waals surface area contributed by atoms with Gasteiger partial charge in [0.05, 0.1) is 39.2 Å². The third kappa shape index (κ3) is 3.19. The molecule has 6 rings (SSSR count). The highest BCUT2D eigenvalue weighted by Crippen LogP contribution is 2.41. The van der Waals surface area contributed by atoms with Crippen LogP contribution in [0.15, 0.2) is 117 Å². The smallest absolute Gasteiger partial charge is 0.0531 e. The molecule has 0 unspecified atom stereocenters. The van der Waals surface area contributed by atoms with Gasteiger partial charge in [-0.1, -0.05) is 117 Å². The summed E-state index contributed by atoms with van der Waals surface area (Å²) in [7, 11) is -4.26. The van der Waals surface area contributed by atoms with Crippen molar-refractivity contribution in [1.29, 1.82) is 0 Å². The maximum atomic E-state index is 2.62. The van der Waals surface area contributed by atoms with Crippen LogP contribution in [0.1, 0.15) is 32.1 Å². The van der Waals surface area contributed by atoms with Crippen LogP contribution < -0.4 is 0 Å². The minimum atomic E-state index is -0.852. The van der Waals surface area contributed by atoms with Crippen molar-refractivity contribution in [3.63, 3.8) is 0 Å². The van der Waals surface area contributed by atoms with E-state index in [1.54, 1.807) is 0 Å². The summed E-state index contributed by atoms with van der Waals surface area (Å²) >= 11 is 0. The summed E-state index contributed by atoms with van der Waals surface area (Å²) in [6, 6.07) is 0. The van der Waals surface area contributed by atoms with Crippen molar-refractivity contribution in [3.05, 3.63) is 117 Å². The topological polar surface area (TPSA) is 0 Å². The maximum absolute atomic E-state index is 2.62. The molecule has 1 saturated heterocycles. The summed E-state index contributed by atoms with van der Waals surface area (Å²) in [6.45, 7) is 0. The van der Waals surface area contributed by atoms with Gasteiger partial charge in [-0.15, -0.1) is 0 Å². The first kappa shape index (κ1) is 19.2. The van der Waals surface area contributed by atoms with E-state index in [0.717, 1.165) is 0 Å². The number of rotatable bonds is 5. The third-order valence-corrected chi connectivity index (χ3v) is 100. The van der Waals surface area contributed by atoms with Gasteiger partial charge in [0.2, 0.25) is 0 Å². The van der Waals surface area contributed by atoms with Crippen molar-refractivity contribution in [2.45, 2.75) is 32.1 Å². The van der Waals surface area contributed by atoms with Crippen molar-refractivity contribution in [3.8, 4) is 0 Å². The van der Waals surface area contributed by atoms with E-state index in [2.05, 4.69) is 91.1 Å². The molecule has 0 aromatic rings. The van der Waals surface area contributed by atoms with Crippen LogP contribution in [0.25, 0.3) is 0 Å². The van der Waals surface area contributed by atoms with Gasteiger partial charge < -0.3 is 0 Å². The Kier molecular flexibility index (Phi) is 5.25. The van der Waals surface area contributed by atoms with E-state index in [9.17, 15) is 0 Å². The molecule has 0 radical (unpaired) electrons. The van der Waals surface area contributed by atoms with Crippen molar-refractivity contribution < 1.29 is 0 Å². The number of allylic oxidation sites excluding steroid dienone is 20. The molecule has 0 spiro atoms. The molecule has 1 aliphatic heterocycles. The molecule has 0 aromatic carbocycles. The zero-order valence-corrected chi connectivity index (χ0v) is 23.4. The Bertz CT molecular complexity index is 852. The Morgan fingerprint density at radius 2 is 0.533 bits per heavy atom. The van der Waals surface area contributed by atoms with E-state index in [1.807, 2.05) is 26.0 Å². The molecule has 0 atom stereocenters. The lowest BCUT2D eigenvalue weighted by atomic mass is 10.5. The summed E-state index contributed by atoms with van der Waals surface area (Å²) in [5.74, 6) is 0. The predicted molar refractivity (Wildman–Crippen MR) is 145 cm³/mol. The molecule has 0 saturated carbocycles. The number of hydrogen-bond acceptors (Lipinski definition) is 0. The van der Waals surface area contributed by atoms with E-state index in [1.165, 1.54) is 32.1 Å². The summed E-state index contributed by atoms with van der Waals surface area (Å²) < 4.78 is 0. The van der Waals surface area contributed by atoms with Crippen LogP contribution in [0, 0.1) is 0 Å². The first-order chi connectivity index (χ1) is 14.9. The van der Waals surface area contributed by atoms with Crippen molar-refractivity contribution in [2.75, 3.05) is 0 Å². The average Bonchev–Trinajstić information content (AvgIpc) is 3.61. The first-order valence-corrected chi connectivity index (χ1v) is 27.9. The second-order valence-electron chi connectivity index (χ2n) is 9.50. The molecule has 0 amide bonds. The van der Waals surface area contributed by atoms with E-state index in [0.29, 0.717) is 0 Å². The van der Waals surface area contributed by atoms with Crippen molar-refractivity contribution >= 4 is 39.2 Å². The Balaban J connectivity index is 1.52. The standard InChI is InChI=1S/C25H30Si5/c1-2-12-21(11-1)26-27(22-13-3-4-14-22)29(24-17-7-8-18-24)30(25-19-9-10-20-25)28(26)23-15-5-6-16-23/h1-11,13,15,17,19,26-30H,12,14,16,18,20H2. The van der Waals surface area contributed by atoms with Crippen molar-refractivity contribution in [1.82, 2.24) is 0 Å². The Morgan fingerprint density at radius 3 is 0.667 bits per heavy atom. The highest BCUT2D eigenvalue weighted by atomic mass is 30.1. The average molecular weight is 471 g/mol. The zero-order valence-electron chi connectivity index (χ0n) is 17.6. The van der Waals surface area contributed by atoms with Gasteiger partial charge in [0.15, 0.2) is 0 Å². The zero-order chi connectivity index (χ0) is 19.9. The van der Waals surface area contributed by atoms with E-state index in [-0.39, 0.29) is 0 Å². The Morgan fingerprint density at radius 1 is 0.333 bits per heavy atom. The summed E-state index contributed by atoms with van der Waals surface area (Å²) in [4.78, 5) is 0. The molecular formula is C25H30Si5. The summed E-state index contributed by atoms with van der Waals surface area (Å²) in [5, 5.41) is 9.97. The molecular weight excluding hydrogens is 441 g/mol. The lowest BCUT2D eigenvalue weighted by Crippen LogP contribution is -2.50. The minimum absolute atomic E-state index is 0.852. The van der Waals surface area contributed by atoms with E-state index < -0.39 is 39.2 Å². The second-order valence-corrected chi connectivity index (χ2v) is 51.6. The largest absolute Gasteiger partial charge is 0.0859 e. The van der Waals surface area contributed by atoms with Gasteiger partial charge in [0, 0.05) is 0 Å². The van der Waals surface area contributed by atoms with Gasteiger partial charge >= 0.3 is 0 Å². The molecule has 6 aliphatic rings. The molecule has 0 nitrogen and oxygen atoms in total. The lowest BCUT2D eigenvalue weighted by molar-refractivity contribution is 1.38. The summed E-state index contributed by atoms with van der Waals surface area (Å²) in [5.41, 5.74) is 0. The predicted octanol–water partition coefficient (Wildman–Crippen LogP) is 3.66. The highest BCUT2D eigenvalue weighted by Gasteiger charge is 2.58. The SMILES string of the molecule is C1=CCC([SiH]2[SiH](C3=CC=CC3)[SiH](C3=CC=CC3)[SiH](C3=CC=CC3)[SiH]2C2=CC=CC2)=C1. The molecule has 1 heterocycles. The van der Waals surface area contributed by atoms with Gasteiger partial charge in [0.25, 0.3) is 0 Å². The lowest BCUT2D eigenvalue weighted by Gasteiger charge is -2.28. The molecule has 30 heavy (non-hydrogen) atoms. The second kappa shape index (κ2) is 8.20. The van der Waals surface area contributed by atoms with Gasteiger partial charge in [-0.25, -0.2) is 0 Å². The third-order valence-electron chi connectivity index (χ3n) is 8.07. The van der Waals surface area contributed by atoms with Crippen LogP contribution in [-0.2, 0) is 0 Å². The fourth-order valence-electron chi connectivity index (χ4n) is 6.98. The normalized spacial score (nSPS) is 36.0. The van der Waals surface area contributed by atoms with Crippen LogP contribution in [0.2, 0.25) is 0 Å². The molecule has 150 valence electrons. The maximum Gasteiger partial charge on any atom is 0.0531 e. The van der Waals surface area contributed by atoms with Crippen molar-refractivity contribution in [2.24, 2.45) is 0 Å². The highest BCUT2D eigenvalue weighted by molar-refractivity contribution is 8.00. The quantitative estimate of drug-likeness (QED) is 0.538. The molecule has 0 aromatic heterocycles. The summed E-state index contributed by atoms with van der Waals surface area (Å²) in [6.07, 6.45) is 44.0. The Labute approximate surface area is 187 Å². The van der Waals surface area contributed by atoms with Gasteiger partial charge in [0.1, 0.15) is 0 Å². The molecule has 1 fully saturated rings. The van der Waals surface area contributed by atoms with E-state index in [4.69, 9.17) is 0 Å². The van der Waals surface area contributed by atoms with Gasteiger partial charge in [-0.3, -0.25) is 0 Å². The van der Waals surface area contributed by atoms with Crippen LogP contribution in [0.4, 0.5) is 0 Å². The molecule has 5 heteroatoms. The van der Waals surface area contributed by atoms with E-state index >= 15 is 0 Å². The first-order valence-electron chi connectivity index (χ1n) is 11.7. The minimum Gasteiger partial charge on any atom is -0.0859 e. The van der Waals surface area contributed by atoms with Crippen LogP contribution in [-0.4, -0.2) is 39.2 Å². The fourth-order valence-corrected chi connectivity index (χ4v) is 187. The van der Waals surface area contributed by atoms with Crippen LogP contribution in [0.3, 0.4) is 0 Å².